The normalized spacial score (nSPS) is 10.8. The third-order valence-corrected chi connectivity index (χ3v) is 4.29. The van der Waals surface area contributed by atoms with Gasteiger partial charge in [0.1, 0.15) is 5.15 Å². The largest absolute Gasteiger partial charge is 0.232 e. The molecular formula is C13H15ClN2S. The molecule has 0 atom stereocenters. The summed E-state index contributed by atoms with van der Waals surface area (Å²) < 4.78 is 0. The lowest BCUT2D eigenvalue weighted by Crippen LogP contribution is -1.98. The Bertz CT molecular complexity index is 511. The zero-order chi connectivity index (χ0) is 12.4. The second kappa shape index (κ2) is 5.15. The van der Waals surface area contributed by atoms with Gasteiger partial charge in [0, 0.05) is 16.1 Å². The van der Waals surface area contributed by atoms with Crippen molar-refractivity contribution < 1.29 is 0 Å². The van der Waals surface area contributed by atoms with Gasteiger partial charge in [-0.1, -0.05) is 25.4 Å². The summed E-state index contributed by atoms with van der Waals surface area (Å²) in [6.45, 7) is 6.21. The predicted octanol–water partition coefficient (Wildman–Crippen LogP) is 4.29. The number of thiophene rings is 1. The first-order chi connectivity index (χ1) is 8.15. The predicted molar refractivity (Wildman–Crippen MR) is 73.8 cm³/mol. The monoisotopic (exact) mass is 266 g/mol. The summed E-state index contributed by atoms with van der Waals surface area (Å²) in [4.78, 5) is 11.4. The van der Waals surface area contributed by atoms with E-state index in [2.05, 4.69) is 35.9 Å². The summed E-state index contributed by atoms with van der Waals surface area (Å²) >= 11 is 7.91. The molecule has 0 aromatic carbocycles. The molecule has 0 aliphatic rings. The minimum atomic E-state index is 0.585. The summed E-state index contributed by atoms with van der Waals surface area (Å²) in [6.07, 6.45) is 1.92. The first-order valence-electron chi connectivity index (χ1n) is 5.77. The Morgan fingerprint density at radius 2 is 1.94 bits per heavy atom. The highest BCUT2D eigenvalue weighted by Gasteiger charge is 2.11. The van der Waals surface area contributed by atoms with Gasteiger partial charge in [-0.2, -0.15) is 0 Å². The van der Waals surface area contributed by atoms with Gasteiger partial charge in [0.25, 0.3) is 0 Å². The minimum Gasteiger partial charge on any atom is -0.232 e. The molecule has 0 unspecified atom stereocenters. The molecular weight excluding hydrogens is 252 g/mol. The third kappa shape index (κ3) is 2.50. The lowest BCUT2D eigenvalue weighted by Gasteiger charge is -2.06. The average molecular weight is 267 g/mol. The number of nitrogens with zero attached hydrogens (tertiary/aromatic N) is 2. The van der Waals surface area contributed by atoms with Crippen LogP contribution in [-0.4, -0.2) is 9.97 Å². The summed E-state index contributed by atoms with van der Waals surface area (Å²) in [7, 11) is 0. The van der Waals surface area contributed by atoms with Gasteiger partial charge in [-0.05, 0) is 31.9 Å². The maximum Gasteiger partial charge on any atom is 0.171 e. The molecule has 0 aliphatic heterocycles. The van der Waals surface area contributed by atoms with Crippen LogP contribution in [0.25, 0.3) is 10.7 Å². The van der Waals surface area contributed by atoms with Crippen molar-refractivity contribution in [1.29, 1.82) is 0 Å². The van der Waals surface area contributed by atoms with Crippen LogP contribution in [0.3, 0.4) is 0 Å². The molecule has 0 amide bonds. The van der Waals surface area contributed by atoms with E-state index in [1.54, 1.807) is 11.3 Å². The SMILES string of the molecule is CCc1ccc(-c2nc(C)c(CC)c(Cl)n2)s1. The van der Waals surface area contributed by atoms with Crippen molar-refractivity contribution in [2.45, 2.75) is 33.6 Å². The fourth-order valence-corrected chi connectivity index (χ4v) is 2.99. The number of aryl methyl sites for hydroxylation is 2. The Hall–Kier alpha value is -0.930. The molecule has 0 radical (unpaired) electrons. The zero-order valence-corrected chi connectivity index (χ0v) is 11.8. The first kappa shape index (κ1) is 12.5. The van der Waals surface area contributed by atoms with Crippen LogP contribution in [0.15, 0.2) is 12.1 Å². The van der Waals surface area contributed by atoms with Crippen molar-refractivity contribution in [1.82, 2.24) is 9.97 Å². The molecule has 0 aliphatic carbocycles. The molecule has 0 spiro atoms. The van der Waals surface area contributed by atoms with Gasteiger partial charge in [-0.15, -0.1) is 11.3 Å². The molecule has 2 aromatic rings. The Morgan fingerprint density at radius 3 is 2.47 bits per heavy atom. The molecule has 90 valence electrons. The molecule has 0 saturated carbocycles. The van der Waals surface area contributed by atoms with Crippen LogP contribution in [0.4, 0.5) is 0 Å². The van der Waals surface area contributed by atoms with Crippen LogP contribution < -0.4 is 0 Å². The lowest BCUT2D eigenvalue weighted by atomic mass is 10.2. The van der Waals surface area contributed by atoms with E-state index in [1.807, 2.05) is 6.92 Å². The molecule has 4 heteroatoms. The quantitative estimate of drug-likeness (QED) is 0.775. The van der Waals surface area contributed by atoms with E-state index >= 15 is 0 Å². The van der Waals surface area contributed by atoms with Crippen molar-refractivity contribution in [3.63, 3.8) is 0 Å². The number of rotatable bonds is 3. The number of hydrogen-bond donors (Lipinski definition) is 0. The summed E-state index contributed by atoms with van der Waals surface area (Å²) in [5.41, 5.74) is 2.02. The summed E-state index contributed by atoms with van der Waals surface area (Å²) in [5.74, 6) is 0.745. The van der Waals surface area contributed by atoms with Crippen LogP contribution in [0, 0.1) is 6.92 Å². The van der Waals surface area contributed by atoms with Crippen molar-refractivity contribution >= 4 is 22.9 Å². The van der Waals surface area contributed by atoms with E-state index in [4.69, 9.17) is 11.6 Å². The van der Waals surface area contributed by atoms with E-state index in [1.165, 1.54) is 4.88 Å². The lowest BCUT2D eigenvalue weighted by molar-refractivity contribution is 1.00. The maximum absolute atomic E-state index is 6.18. The first-order valence-corrected chi connectivity index (χ1v) is 6.97. The molecule has 0 N–H and O–H groups in total. The van der Waals surface area contributed by atoms with Crippen LogP contribution in [0.5, 0.6) is 0 Å². The number of hydrogen-bond acceptors (Lipinski definition) is 3. The van der Waals surface area contributed by atoms with Gasteiger partial charge in [0.05, 0.1) is 4.88 Å². The standard InChI is InChI=1S/C13H15ClN2S/c1-4-9-6-7-11(17-9)13-15-8(3)10(5-2)12(14)16-13/h6-7H,4-5H2,1-3H3. The minimum absolute atomic E-state index is 0.585. The van der Waals surface area contributed by atoms with E-state index in [-0.39, 0.29) is 0 Å². The summed E-state index contributed by atoms with van der Waals surface area (Å²) in [5, 5.41) is 0.585. The van der Waals surface area contributed by atoms with E-state index < -0.39 is 0 Å². The second-order valence-electron chi connectivity index (χ2n) is 3.88. The van der Waals surface area contributed by atoms with Crippen LogP contribution in [-0.2, 0) is 12.8 Å². The number of halogens is 1. The molecule has 0 saturated heterocycles. The topological polar surface area (TPSA) is 25.8 Å². The van der Waals surface area contributed by atoms with Gasteiger partial charge in [-0.3, -0.25) is 0 Å². The van der Waals surface area contributed by atoms with Crippen LogP contribution >= 0.6 is 22.9 Å². The Balaban J connectivity index is 2.46. The molecule has 0 bridgehead atoms. The molecule has 2 rings (SSSR count). The number of aromatic nitrogens is 2. The van der Waals surface area contributed by atoms with E-state index in [9.17, 15) is 0 Å². The van der Waals surface area contributed by atoms with Crippen LogP contribution in [0.2, 0.25) is 5.15 Å². The Kier molecular flexibility index (Phi) is 3.79. The third-order valence-electron chi connectivity index (χ3n) is 2.75. The molecule has 2 nitrogen and oxygen atoms in total. The Labute approximate surface area is 111 Å². The van der Waals surface area contributed by atoms with Crippen LogP contribution in [0.1, 0.15) is 30.0 Å². The summed E-state index contributed by atoms with van der Waals surface area (Å²) in [6, 6.07) is 4.19. The van der Waals surface area contributed by atoms with E-state index in [0.717, 1.165) is 34.8 Å². The Morgan fingerprint density at radius 1 is 1.18 bits per heavy atom. The van der Waals surface area contributed by atoms with Gasteiger partial charge in [0.15, 0.2) is 5.82 Å². The molecule has 17 heavy (non-hydrogen) atoms. The fourth-order valence-electron chi connectivity index (χ4n) is 1.76. The van der Waals surface area contributed by atoms with Gasteiger partial charge >= 0.3 is 0 Å². The highest BCUT2D eigenvalue weighted by molar-refractivity contribution is 7.15. The van der Waals surface area contributed by atoms with Crippen molar-refractivity contribution in [2.75, 3.05) is 0 Å². The highest BCUT2D eigenvalue weighted by atomic mass is 35.5. The maximum atomic E-state index is 6.18. The fraction of sp³-hybridized carbons (Fsp3) is 0.385. The van der Waals surface area contributed by atoms with Crippen molar-refractivity contribution in [2.24, 2.45) is 0 Å². The molecule has 2 aromatic heterocycles. The van der Waals surface area contributed by atoms with Crippen molar-refractivity contribution in [3.8, 4) is 10.7 Å². The van der Waals surface area contributed by atoms with Gasteiger partial charge in [0.2, 0.25) is 0 Å². The highest BCUT2D eigenvalue weighted by Crippen LogP contribution is 2.28. The smallest absolute Gasteiger partial charge is 0.171 e. The molecule has 0 fully saturated rings. The van der Waals surface area contributed by atoms with Crippen molar-refractivity contribution in [3.05, 3.63) is 33.4 Å². The zero-order valence-electron chi connectivity index (χ0n) is 10.2. The second-order valence-corrected chi connectivity index (χ2v) is 5.40. The van der Waals surface area contributed by atoms with Gasteiger partial charge in [-0.25, -0.2) is 9.97 Å². The van der Waals surface area contributed by atoms with E-state index in [0.29, 0.717) is 5.15 Å². The average Bonchev–Trinajstić information content (AvgIpc) is 2.77. The van der Waals surface area contributed by atoms with Gasteiger partial charge < -0.3 is 0 Å². The molecule has 2 heterocycles.